The van der Waals surface area contributed by atoms with Gasteiger partial charge in [-0.2, -0.15) is 0 Å². The molecule has 13 heavy (non-hydrogen) atoms. The minimum Gasteiger partial charge on any atom is -0.481 e. The number of rotatable bonds is 5. The third kappa shape index (κ3) is 2.97. The van der Waals surface area contributed by atoms with Gasteiger partial charge < -0.3 is 14.7 Å². The van der Waals surface area contributed by atoms with Gasteiger partial charge in [0, 0.05) is 13.2 Å². The van der Waals surface area contributed by atoms with Crippen LogP contribution in [0.2, 0.25) is 0 Å². The Bertz CT molecular complexity index is 178. The SMILES string of the molecule is COCC(N(C)C)C(C)(C)C(=O)O. The van der Waals surface area contributed by atoms with Gasteiger partial charge in [-0.05, 0) is 27.9 Å². The lowest BCUT2D eigenvalue weighted by Crippen LogP contribution is -2.48. The van der Waals surface area contributed by atoms with Crippen LogP contribution < -0.4 is 0 Å². The first-order valence-corrected chi connectivity index (χ1v) is 4.22. The van der Waals surface area contributed by atoms with Crippen LogP contribution in [0.3, 0.4) is 0 Å². The Morgan fingerprint density at radius 3 is 2.23 bits per heavy atom. The van der Waals surface area contributed by atoms with Crippen molar-refractivity contribution in [2.45, 2.75) is 19.9 Å². The molecule has 4 heteroatoms. The zero-order chi connectivity index (χ0) is 10.6. The van der Waals surface area contributed by atoms with E-state index in [4.69, 9.17) is 9.84 Å². The van der Waals surface area contributed by atoms with Gasteiger partial charge in [-0.3, -0.25) is 4.79 Å². The number of methoxy groups -OCH3 is 1. The standard InChI is InChI=1S/C9H19NO3/c1-9(2,8(11)12)7(6-13-5)10(3)4/h7H,6H2,1-5H3,(H,11,12). The van der Waals surface area contributed by atoms with Crippen LogP contribution in [-0.2, 0) is 9.53 Å². The molecule has 1 unspecified atom stereocenters. The summed E-state index contributed by atoms with van der Waals surface area (Å²) >= 11 is 0. The van der Waals surface area contributed by atoms with Crippen LogP contribution >= 0.6 is 0 Å². The summed E-state index contributed by atoms with van der Waals surface area (Å²) in [6, 6.07) is -0.116. The summed E-state index contributed by atoms with van der Waals surface area (Å²) in [5, 5.41) is 9.00. The molecule has 0 aromatic carbocycles. The highest BCUT2D eigenvalue weighted by Crippen LogP contribution is 2.24. The zero-order valence-corrected chi connectivity index (χ0v) is 9.00. The highest BCUT2D eigenvalue weighted by Gasteiger charge is 2.38. The van der Waals surface area contributed by atoms with E-state index in [0.29, 0.717) is 6.61 Å². The van der Waals surface area contributed by atoms with Crippen LogP contribution in [0.5, 0.6) is 0 Å². The second kappa shape index (κ2) is 4.58. The monoisotopic (exact) mass is 189 g/mol. The van der Waals surface area contributed by atoms with Gasteiger partial charge in [0.2, 0.25) is 0 Å². The molecule has 0 rings (SSSR count). The number of ether oxygens (including phenoxy) is 1. The summed E-state index contributed by atoms with van der Waals surface area (Å²) in [5.74, 6) is -0.803. The Morgan fingerprint density at radius 1 is 1.54 bits per heavy atom. The molecule has 0 fully saturated rings. The number of likely N-dealkylation sites (N-methyl/N-ethyl adjacent to an activating group) is 1. The van der Waals surface area contributed by atoms with Crippen LogP contribution in [0.4, 0.5) is 0 Å². The van der Waals surface area contributed by atoms with Gasteiger partial charge in [0.25, 0.3) is 0 Å². The van der Waals surface area contributed by atoms with Crippen LogP contribution in [0.15, 0.2) is 0 Å². The van der Waals surface area contributed by atoms with E-state index in [1.807, 2.05) is 19.0 Å². The minimum atomic E-state index is -0.803. The maximum Gasteiger partial charge on any atom is 0.310 e. The number of carbonyl (C=O) groups is 1. The Balaban J connectivity index is 4.61. The molecule has 0 aromatic heterocycles. The lowest BCUT2D eigenvalue weighted by molar-refractivity contribution is -0.151. The van der Waals surface area contributed by atoms with E-state index < -0.39 is 11.4 Å². The largest absolute Gasteiger partial charge is 0.481 e. The highest BCUT2D eigenvalue weighted by atomic mass is 16.5. The predicted molar refractivity (Wildman–Crippen MR) is 50.8 cm³/mol. The number of carboxylic acids is 1. The molecule has 0 amide bonds. The minimum absolute atomic E-state index is 0.116. The molecular formula is C9H19NO3. The molecule has 1 N–H and O–H groups in total. The van der Waals surface area contributed by atoms with Gasteiger partial charge in [-0.15, -0.1) is 0 Å². The second-order valence-electron chi connectivity index (χ2n) is 3.96. The van der Waals surface area contributed by atoms with Gasteiger partial charge in [0.05, 0.1) is 12.0 Å². The third-order valence-electron chi connectivity index (χ3n) is 2.33. The summed E-state index contributed by atoms with van der Waals surface area (Å²) in [4.78, 5) is 12.8. The fourth-order valence-electron chi connectivity index (χ4n) is 1.30. The van der Waals surface area contributed by atoms with Crippen molar-refractivity contribution < 1.29 is 14.6 Å². The van der Waals surface area contributed by atoms with E-state index in [2.05, 4.69) is 0 Å². The molecule has 0 aliphatic rings. The number of aliphatic carboxylic acids is 1. The van der Waals surface area contributed by atoms with E-state index in [1.165, 1.54) is 0 Å². The van der Waals surface area contributed by atoms with E-state index >= 15 is 0 Å². The molecule has 0 saturated heterocycles. The number of hydrogen-bond acceptors (Lipinski definition) is 3. The smallest absolute Gasteiger partial charge is 0.310 e. The fraction of sp³-hybridized carbons (Fsp3) is 0.889. The molecule has 0 bridgehead atoms. The quantitative estimate of drug-likeness (QED) is 0.690. The average Bonchev–Trinajstić information content (AvgIpc) is 1.98. The topological polar surface area (TPSA) is 49.8 Å². The van der Waals surface area contributed by atoms with E-state index in [0.717, 1.165) is 0 Å². The first-order chi connectivity index (χ1) is 5.84. The molecule has 0 saturated carbocycles. The Labute approximate surface area is 79.5 Å². The molecule has 0 aliphatic heterocycles. The molecule has 1 atom stereocenters. The number of carboxylic acid groups (broad SMARTS) is 1. The van der Waals surface area contributed by atoms with Gasteiger partial charge in [0.15, 0.2) is 0 Å². The summed E-state index contributed by atoms with van der Waals surface area (Å²) < 4.78 is 5.00. The Kier molecular flexibility index (Phi) is 4.36. The number of hydrogen-bond donors (Lipinski definition) is 1. The molecule has 0 radical (unpaired) electrons. The molecule has 0 aromatic rings. The van der Waals surface area contributed by atoms with Crippen molar-refractivity contribution in [2.75, 3.05) is 27.8 Å². The molecular weight excluding hydrogens is 170 g/mol. The van der Waals surface area contributed by atoms with E-state index in [1.54, 1.807) is 21.0 Å². The summed E-state index contributed by atoms with van der Waals surface area (Å²) in [6.07, 6.45) is 0. The Morgan fingerprint density at radius 2 is 2.00 bits per heavy atom. The van der Waals surface area contributed by atoms with Crippen molar-refractivity contribution in [1.29, 1.82) is 0 Å². The van der Waals surface area contributed by atoms with Crippen molar-refractivity contribution in [2.24, 2.45) is 5.41 Å². The van der Waals surface area contributed by atoms with Gasteiger partial charge in [-0.1, -0.05) is 0 Å². The van der Waals surface area contributed by atoms with Crippen molar-refractivity contribution in [3.63, 3.8) is 0 Å². The van der Waals surface area contributed by atoms with Gasteiger partial charge in [-0.25, -0.2) is 0 Å². The maximum atomic E-state index is 11.0. The van der Waals surface area contributed by atoms with Crippen molar-refractivity contribution in [1.82, 2.24) is 4.90 Å². The molecule has 0 heterocycles. The Hall–Kier alpha value is -0.610. The maximum absolute atomic E-state index is 11.0. The normalized spacial score (nSPS) is 14.6. The highest BCUT2D eigenvalue weighted by molar-refractivity contribution is 5.74. The van der Waals surface area contributed by atoms with Crippen molar-refractivity contribution >= 4 is 5.97 Å². The first kappa shape index (κ1) is 12.4. The zero-order valence-electron chi connectivity index (χ0n) is 9.00. The van der Waals surface area contributed by atoms with E-state index in [-0.39, 0.29) is 6.04 Å². The van der Waals surface area contributed by atoms with Crippen LogP contribution in [0, 0.1) is 5.41 Å². The van der Waals surface area contributed by atoms with Crippen molar-refractivity contribution in [3.05, 3.63) is 0 Å². The van der Waals surface area contributed by atoms with Crippen LogP contribution in [0.1, 0.15) is 13.8 Å². The molecule has 0 aliphatic carbocycles. The predicted octanol–water partition coefficient (Wildman–Crippen LogP) is 0.674. The van der Waals surface area contributed by atoms with Crippen molar-refractivity contribution in [3.8, 4) is 0 Å². The lowest BCUT2D eigenvalue weighted by Gasteiger charge is -2.34. The molecule has 78 valence electrons. The van der Waals surface area contributed by atoms with Crippen LogP contribution in [-0.4, -0.2) is 49.8 Å². The molecule has 4 nitrogen and oxygen atoms in total. The lowest BCUT2D eigenvalue weighted by atomic mass is 9.84. The average molecular weight is 189 g/mol. The number of nitrogens with zero attached hydrogens (tertiary/aromatic N) is 1. The molecule has 0 spiro atoms. The summed E-state index contributed by atoms with van der Waals surface area (Å²) in [5.41, 5.74) is -0.792. The van der Waals surface area contributed by atoms with E-state index in [9.17, 15) is 4.79 Å². The van der Waals surface area contributed by atoms with Gasteiger partial charge >= 0.3 is 5.97 Å². The summed E-state index contributed by atoms with van der Waals surface area (Å²) in [6.45, 7) is 3.84. The second-order valence-corrected chi connectivity index (χ2v) is 3.96. The summed E-state index contributed by atoms with van der Waals surface area (Å²) in [7, 11) is 5.29. The third-order valence-corrected chi connectivity index (χ3v) is 2.33. The first-order valence-electron chi connectivity index (χ1n) is 4.22. The van der Waals surface area contributed by atoms with Gasteiger partial charge in [0.1, 0.15) is 0 Å². The fourth-order valence-corrected chi connectivity index (χ4v) is 1.30. The van der Waals surface area contributed by atoms with Crippen LogP contribution in [0.25, 0.3) is 0 Å².